The van der Waals surface area contributed by atoms with Gasteiger partial charge in [-0.2, -0.15) is 0 Å². The molecule has 1 atom stereocenters. The van der Waals surface area contributed by atoms with Gasteiger partial charge in [0.1, 0.15) is 11.3 Å². The maximum absolute atomic E-state index is 12.5. The molecule has 152 valence electrons. The van der Waals surface area contributed by atoms with E-state index in [1.54, 1.807) is 12.1 Å². The molecule has 0 spiro atoms. The van der Waals surface area contributed by atoms with Crippen molar-refractivity contribution in [1.82, 2.24) is 10.3 Å². The number of aromatic nitrogens is 1. The summed E-state index contributed by atoms with van der Waals surface area (Å²) < 4.78 is 5.65. The third-order valence-electron chi connectivity index (χ3n) is 4.48. The number of carbonyl (C=O) groups excluding carboxylic acids is 1. The maximum atomic E-state index is 12.5. The molecule has 0 aliphatic rings. The molecule has 3 aromatic rings. The molecule has 2 heterocycles. The number of hydrogen-bond donors (Lipinski definition) is 2. The van der Waals surface area contributed by atoms with Gasteiger partial charge >= 0.3 is 0 Å². The first-order valence-electron chi connectivity index (χ1n) is 9.76. The summed E-state index contributed by atoms with van der Waals surface area (Å²) in [6.45, 7) is 5.94. The molecule has 0 aliphatic heterocycles. The lowest BCUT2D eigenvalue weighted by Crippen LogP contribution is -2.36. The summed E-state index contributed by atoms with van der Waals surface area (Å²) in [7, 11) is 0. The molecule has 3 rings (SSSR count). The standard InChI is InChI=1S/C23H26N2O3S/c1-15(2)28-18-10-8-17(9-11-18)7-6-16(3)24-22(26)19-12-13-20(25-23(19)27)21-5-4-14-29-21/h4-5,8-16H,6-7H2,1-3H3,(H,24,26)(H,25,27). The van der Waals surface area contributed by atoms with Gasteiger partial charge in [-0.3, -0.25) is 9.59 Å². The summed E-state index contributed by atoms with van der Waals surface area (Å²) in [5, 5.41) is 4.86. The van der Waals surface area contributed by atoms with Gasteiger partial charge in [-0.1, -0.05) is 18.2 Å². The van der Waals surface area contributed by atoms with E-state index in [4.69, 9.17) is 4.74 Å². The summed E-state index contributed by atoms with van der Waals surface area (Å²) in [5.41, 5.74) is 1.66. The lowest BCUT2D eigenvalue weighted by atomic mass is 10.1. The van der Waals surface area contributed by atoms with E-state index >= 15 is 0 Å². The smallest absolute Gasteiger partial charge is 0.261 e. The second-order valence-corrected chi connectivity index (χ2v) is 8.26. The first-order valence-corrected chi connectivity index (χ1v) is 10.6. The zero-order valence-electron chi connectivity index (χ0n) is 16.9. The Morgan fingerprint density at radius 1 is 1.10 bits per heavy atom. The van der Waals surface area contributed by atoms with Gasteiger partial charge in [-0.05, 0) is 74.9 Å². The molecule has 0 fully saturated rings. The number of amides is 1. The van der Waals surface area contributed by atoms with Gasteiger partial charge in [0.25, 0.3) is 11.5 Å². The maximum Gasteiger partial charge on any atom is 0.261 e. The van der Waals surface area contributed by atoms with Crippen LogP contribution in [-0.2, 0) is 6.42 Å². The van der Waals surface area contributed by atoms with Crippen LogP contribution in [0, 0.1) is 0 Å². The molecule has 1 unspecified atom stereocenters. The molecule has 0 saturated heterocycles. The molecule has 0 saturated carbocycles. The van der Waals surface area contributed by atoms with Crippen LogP contribution in [0.15, 0.2) is 58.7 Å². The minimum Gasteiger partial charge on any atom is -0.491 e. The van der Waals surface area contributed by atoms with Crippen molar-refractivity contribution in [3.05, 3.63) is 75.4 Å². The Kier molecular flexibility index (Phi) is 6.88. The molecule has 6 heteroatoms. The highest BCUT2D eigenvalue weighted by Gasteiger charge is 2.14. The zero-order valence-corrected chi connectivity index (χ0v) is 17.7. The van der Waals surface area contributed by atoms with Crippen molar-refractivity contribution in [3.63, 3.8) is 0 Å². The predicted octanol–water partition coefficient (Wildman–Crippen LogP) is 4.64. The number of pyridine rings is 1. The number of aromatic amines is 1. The number of nitrogens with one attached hydrogen (secondary N) is 2. The molecule has 5 nitrogen and oxygen atoms in total. The molecule has 0 radical (unpaired) electrons. The van der Waals surface area contributed by atoms with E-state index in [1.165, 1.54) is 16.9 Å². The molecular weight excluding hydrogens is 384 g/mol. The van der Waals surface area contributed by atoms with Crippen molar-refractivity contribution in [2.45, 2.75) is 45.8 Å². The third kappa shape index (κ3) is 5.81. The SMILES string of the molecule is CC(CCc1ccc(OC(C)C)cc1)NC(=O)c1ccc(-c2cccs2)[nH]c1=O. The average Bonchev–Trinajstić information content (AvgIpc) is 3.21. The van der Waals surface area contributed by atoms with Crippen molar-refractivity contribution in [3.8, 4) is 16.3 Å². The molecule has 0 aliphatic carbocycles. The van der Waals surface area contributed by atoms with Crippen molar-refractivity contribution < 1.29 is 9.53 Å². The van der Waals surface area contributed by atoms with E-state index in [9.17, 15) is 9.59 Å². The lowest BCUT2D eigenvalue weighted by molar-refractivity contribution is 0.0937. The fourth-order valence-electron chi connectivity index (χ4n) is 2.99. The van der Waals surface area contributed by atoms with Crippen LogP contribution >= 0.6 is 11.3 Å². The Morgan fingerprint density at radius 3 is 2.48 bits per heavy atom. The fraction of sp³-hybridized carbons (Fsp3) is 0.304. The van der Waals surface area contributed by atoms with Gasteiger partial charge in [0, 0.05) is 6.04 Å². The number of thiophene rings is 1. The van der Waals surface area contributed by atoms with Gasteiger partial charge < -0.3 is 15.0 Å². The first-order chi connectivity index (χ1) is 13.9. The average molecular weight is 411 g/mol. The van der Waals surface area contributed by atoms with E-state index in [0.717, 1.165) is 29.2 Å². The van der Waals surface area contributed by atoms with Crippen LogP contribution in [0.1, 0.15) is 43.1 Å². The van der Waals surface area contributed by atoms with Crippen molar-refractivity contribution in [2.24, 2.45) is 0 Å². The van der Waals surface area contributed by atoms with Gasteiger partial charge in [-0.25, -0.2) is 0 Å². The second-order valence-electron chi connectivity index (χ2n) is 7.32. The predicted molar refractivity (Wildman–Crippen MR) is 118 cm³/mol. The molecule has 0 bridgehead atoms. The monoisotopic (exact) mass is 410 g/mol. The molecule has 2 aromatic heterocycles. The van der Waals surface area contributed by atoms with Crippen LogP contribution in [0.5, 0.6) is 5.75 Å². The van der Waals surface area contributed by atoms with E-state index in [0.29, 0.717) is 0 Å². The lowest BCUT2D eigenvalue weighted by Gasteiger charge is -2.14. The van der Waals surface area contributed by atoms with Gasteiger partial charge in [0.15, 0.2) is 0 Å². The summed E-state index contributed by atoms with van der Waals surface area (Å²) in [5.74, 6) is 0.507. The van der Waals surface area contributed by atoms with Crippen LogP contribution in [-0.4, -0.2) is 23.0 Å². The van der Waals surface area contributed by atoms with Gasteiger partial charge in [0.2, 0.25) is 0 Å². The first kappa shape index (κ1) is 20.9. The third-order valence-corrected chi connectivity index (χ3v) is 5.38. The van der Waals surface area contributed by atoms with Crippen molar-refractivity contribution >= 4 is 17.2 Å². The molecule has 1 amide bonds. The van der Waals surface area contributed by atoms with Gasteiger partial charge in [0.05, 0.1) is 16.7 Å². The Bertz CT molecular complexity index is 992. The van der Waals surface area contributed by atoms with Crippen LogP contribution in [0.25, 0.3) is 10.6 Å². The summed E-state index contributed by atoms with van der Waals surface area (Å²) in [6, 6.07) is 15.2. The Hall–Kier alpha value is -2.86. The highest BCUT2D eigenvalue weighted by molar-refractivity contribution is 7.13. The molecular formula is C23H26N2O3S. The summed E-state index contributed by atoms with van der Waals surface area (Å²) in [6.07, 6.45) is 1.76. The Labute approximate surface area is 174 Å². The van der Waals surface area contributed by atoms with Crippen LogP contribution in [0.3, 0.4) is 0 Å². The van der Waals surface area contributed by atoms with E-state index < -0.39 is 0 Å². The molecule has 1 aromatic carbocycles. The fourth-order valence-corrected chi connectivity index (χ4v) is 3.70. The minimum atomic E-state index is -0.374. The number of carbonyl (C=O) groups is 1. The number of H-pyrrole nitrogens is 1. The number of ether oxygens (including phenoxy) is 1. The van der Waals surface area contributed by atoms with E-state index in [-0.39, 0.29) is 29.2 Å². The Balaban J connectivity index is 1.54. The minimum absolute atomic E-state index is 0.0505. The number of hydrogen-bond acceptors (Lipinski definition) is 4. The largest absolute Gasteiger partial charge is 0.491 e. The Morgan fingerprint density at radius 2 is 1.86 bits per heavy atom. The zero-order chi connectivity index (χ0) is 20.8. The summed E-state index contributed by atoms with van der Waals surface area (Å²) >= 11 is 1.54. The van der Waals surface area contributed by atoms with E-state index in [1.807, 2.05) is 62.5 Å². The van der Waals surface area contributed by atoms with Crippen LogP contribution in [0.4, 0.5) is 0 Å². The highest BCUT2D eigenvalue weighted by atomic mass is 32.1. The quantitative estimate of drug-likeness (QED) is 0.568. The molecule has 2 N–H and O–H groups in total. The number of rotatable bonds is 8. The number of aryl methyl sites for hydroxylation is 1. The molecule has 29 heavy (non-hydrogen) atoms. The summed E-state index contributed by atoms with van der Waals surface area (Å²) in [4.78, 5) is 28.6. The normalized spacial score (nSPS) is 12.0. The topological polar surface area (TPSA) is 71.2 Å². The van der Waals surface area contributed by atoms with Crippen LogP contribution in [0.2, 0.25) is 0 Å². The van der Waals surface area contributed by atoms with Gasteiger partial charge in [-0.15, -0.1) is 11.3 Å². The number of benzene rings is 1. The highest BCUT2D eigenvalue weighted by Crippen LogP contribution is 2.21. The van der Waals surface area contributed by atoms with E-state index in [2.05, 4.69) is 10.3 Å². The van der Waals surface area contributed by atoms with Crippen molar-refractivity contribution in [2.75, 3.05) is 0 Å². The van der Waals surface area contributed by atoms with Crippen molar-refractivity contribution in [1.29, 1.82) is 0 Å². The second kappa shape index (κ2) is 9.56. The van der Waals surface area contributed by atoms with Crippen LogP contribution < -0.4 is 15.6 Å².